The molecule has 0 rings (SSSR count). The van der Waals surface area contributed by atoms with Crippen molar-refractivity contribution in [2.24, 2.45) is 0 Å². The van der Waals surface area contributed by atoms with Crippen molar-refractivity contribution in [3.05, 3.63) is 12.2 Å². The maximum absolute atomic E-state index is 11.6. The molecular formula is C26H49NO3. The van der Waals surface area contributed by atoms with Crippen LogP contribution in [0.15, 0.2) is 12.2 Å². The third-order valence-electron chi connectivity index (χ3n) is 5.40. The number of ether oxygens (including phenoxy) is 1. The lowest BCUT2D eigenvalue weighted by atomic mass is 10.1. The molecule has 0 saturated carbocycles. The van der Waals surface area contributed by atoms with Gasteiger partial charge in [0.15, 0.2) is 0 Å². The van der Waals surface area contributed by atoms with E-state index >= 15 is 0 Å². The average molecular weight is 424 g/mol. The van der Waals surface area contributed by atoms with E-state index in [9.17, 15) is 9.59 Å². The minimum atomic E-state index is -0.306. The predicted octanol–water partition coefficient (Wildman–Crippen LogP) is 7.26. The molecule has 0 radical (unpaired) electrons. The molecule has 0 aliphatic rings. The molecule has 0 heterocycles. The number of rotatable bonds is 22. The summed E-state index contributed by atoms with van der Waals surface area (Å²) in [6, 6.07) is 0. The van der Waals surface area contributed by atoms with Gasteiger partial charge in [0.1, 0.15) is 6.61 Å². The molecular weight excluding hydrogens is 374 g/mol. The number of esters is 1. The molecule has 0 fully saturated rings. The zero-order valence-corrected chi connectivity index (χ0v) is 20.0. The van der Waals surface area contributed by atoms with Crippen LogP contribution >= 0.6 is 0 Å². The van der Waals surface area contributed by atoms with Crippen molar-refractivity contribution < 1.29 is 14.3 Å². The van der Waals surface area contributed by atoms with Crippen LogP contribution in [0.4, 0.5) is 0 Å². The first-order chi connectivity index (χ1) is 14.7. The molecule has 176 valence electrons. The van der Waals surface area contributed by atoms with Gasteiger partial charge in [-0.25, -0.2) is 0 Å². The van der Waals surface area contributed by atoms with Crippen molar-refractivity contribution in [1.29, 1.82) is 0 Å². The van der Waals surface area contributed by atoms with Crippen LogP contribution in [0.25, 0.3) is 0 Å². The van der Waals surface area contributed by atoms with Crippen LogP contribution in [0.3, 0.4) is 0 Å². The molecule has 0 spiro atoms. The van der Waals surface area contributed by atoms with Gasteiger partial charge in [-0.15, -0.1) is 0 Å². The normalized spacial score (nSPS) is 11.1. The van der Waals surface area contributed by atoms with Gasteiger partial charge < -0.3 is 10.1 Å². The number of hydrogen-bond donors (Lipinski definition) is 1. The van der Waals surface area contributed by atoms with Crippen LogP contribution in [0.2, 0.25) is 0 Å². The Morgan fingerprint density at radius 1 is 0.700 bits per heavy atom. The molecule has 0 aromatic carbocycles. The Balaban J connectivity index is 3.18. The first kappa shape index (κ1) is 28.7. The van der Waals surface area contributed by atoms with Crippen molar-refractivity contribution in [3.63, 3.8) is 0 Å². The number of amides is 1. The third kappa shape index (κ3) is 24.7. The van der Waals surface area contributed by atoms with E-state index in [1.54, 1.807) is 0 Å². The zero-order chi connectivity index (χ0) is 22.1. The van der Waals surface area contributed by atoms with Gasteiger partial charge in [-0.05, 0) is 32.1 Å². The number of carbonyl (C=O) groups is 2. The van der Waals surface area contributed by atoms with Crippen LogP contribution in [-0.4, -0.2) is 25.0 Å². The van der Waals surface area contributed by atoms with E-state index in [1.807, 2.05) is 0 Å². The summed E-state index contributed by atoms with van der Waals surface area (Å²) >= 11 is 0. The van der Waals surface area contributed by atoms with Crippen LogP contribution in [0.1, 0.15) is 129 Å². The van der Waals surface area contributed by atoms with E-state index in [2.05, 4.69) is 24.4 Å². The molecule has 4 nitrogen and oxygen atoms in total. The van der Waals surface area contributed by atoms with Gasteiger partial charge in [0, 0.05) is 13.3 Å². The zero-order valence-electron chi connectivity index (χ0n) is 20.0. The molecule has 0 aromatic rings. The Morgan fingerprint density at radius 3 is 1.67 bits per heavy atom. The minimum absolute atomic E-state index is 0.0585. The minimum Gasteiger partial charge on any atom is -0.464 e. The van der Waals surface area contributed by atoms with Crippen molar-refractivity contribution in [3.8, 4) is 0 Å². The number of unbranched alkanes of at least 4 members (excludes halogenated alkanes) is 15. The summed E-state index contributed by atoms with van der Waals surface area (Å²) in [6.07, 6.45) is 27.5. The molecule has 1 N–H and O–H groups in total. The maximum atomic E-state index is 11.6. The first-order valence-electron chi connectivity index (χ1n) is 12.7. The molecule has 0 bridgehead atoms. The Morgan fingerprint density at radius 2 is 1.17 bits per heavy atom. The SMILES string of the molecule is CCCCCCCCC=CCCCCCCCCCCCC(=O)NCCOC(C)=O. The lowest BCUT2D eigenvalue weighted by Gasteiger charge is -2.05. The van der Waals surface area contributed by atoms with Gasteiger partial charge in [0.2, 0.25) is 5.91 Å². The van der Waals surface area contributed by atoms with Gasteiger partial charge in [-0.2, -0.15) is 0 Å². The van der Waals surface area contributed by atoms with E-state index in [0.29, 0.717) is 13.0 Å². The summed E-state index contributed by atoms with van der Waals surface area (Å²) in [6.45, 7) is 4.32. The van der Waals surface area contributed by atoms with Gasteiger partial charge in [-0.1, -0.05) is 96.1 Å². The third-order valence-corrected chi connectivity index (χ3v) is 5.40. The average Bonchev–Trinajstić information content (AvgIpc) is 2.72. The maximum Gasteiger partial charge on any atom is 0.302 e. The number of hydrogen-bond acceptors (Lipinski definition) is 3. The topological polar surface area (TPSA) is 55.4 Å². The second kappa shape index (κ2) is 24.0. The van der Waals surface area contributed by atoms with E-state index < -0.39 is 0 Å². The molecule has 0 atom stereocenters. The molecule has 0 saturated heterocycles. The van der Waals surface area contributed by atoms with Crippen molar-refractivity contribution in [2.45, 2.75) is 129 Å². The van der Waals surface area contributed by atoms with Gasteiger partial charge in [0.25, 0.3) is 0 Å². The smallest absolute Gasteiger partial charge is 0.302 e. The molecule has 0 aliphatic heterocycles. The van der Waals surface area contributed by atoms with Crippen LogP contribution < -0.4 is 5.32 Å². The molecule has 0 aromatic heterocycles. The fraction of sp³-hybridized carbons (Fsp3) is 0.846. The second-order valence-electron chi connectivity index (χ2n) is 8.44. The van der Waals surface area contributed by atoms with Gasteiger partial charge in [-0.3, -0.25) is 9.59 Å². The standard InChI is InChI=1S/C26H49NO3/c1-3-4-5-6-7-8-9-10-11-12-13-14-15-16-17-18-19-20-21-22-26(29)27-23-24-30-25(2)28/h10-11H,3-9,12-24H2,1-2H3,(H,27,29). The van der Waals surface area contributed by atoms with Crippen molar-refractivity contribution in [1.82, 2.24) is 5.32 Å². The van der Waals surface area contributed by atoms with E-state index in [-0.39, 0.29) is 18.5 Å². The summed E-state index contributed by atoms with van der Waals surface area (Å²) in [7, 11) is 0. The number of allylic oxidation sites excluding steroid dienone is 2. The number of carbonyl (C=O) groups excluding carboxylic acids is 2. The van der Waals surface area contributed by atoms with E-state index in [4.69, 9.17) is 4.74 Å². The summed E-state index contributed by atoms with van der Waals surface area (Å²) in [5.41, 5.74) is 0. The molecule has 0 aliphatic carbocycles. The quantitative estimate of drug-likeness (QED) is 0.113. The van der Waals surface area contributed by atoms with Crippen molar-refractivity contribution in [2.75, 3.05) is 13.2 Å². The predicted molar refractivity (Wildman–Crippen MR) is 128 cm³/mol. The fourth-order valence-corrected chi connectivity index (χ4v) is 3.54. The summed E-state index contributed by atoms with van der Waals surface area (Å²) in [4.78, 5) is 22.2. The highest BCUT2D eigenvalue weighted by Crippen LogP contribution is 2.12. The van der Waals surface area contributed by atoms with E-state index in [1.165, 1.54) is 103 Å². The molecule has 0 unspecified atom stereocenters. The van der Waals surface area contributed by atoms with Gasteiger partial charge >= 0.3 is 5.97 Å². The highest BCUT2D eigenvalue weighted by Gasteiger charge is 2.01. The molecule has 1 amide bonds. The number of nitrogens with one attached hydrogen (secondary N) is 1. The largest absolute Gasteiger partial charge is 0.464 e. The highest BCUT2D eigenvalue weighted by atomic mass is 16.5. The van der Waals surface area contributed by atoms with Gasteiger partial charge in [0.05, 0.1) is 6.54 Å². The summed E-state index contributed by atoms with van der Waals surface area (Å²) in [5.74, 6) is -0.247. The van der Waals surface area contributed by atoms with Crippen molar-refractivity contribution >= 4 is 11.9 Å². The van der Waals surface area contributed by atoms with Crippen LogP contribution in [-0.2, 0) is 14.3 Å². The lowest BCUT2D eigenvalue weighted by Crippen LogP contribution is -2.27. The molecule has 30 heavy (non-hydrogen) atoms. The Hall–Kier alpha value is -1.32. The summed E-state index contributed by atoms with van der Waals surface area (Å²) < 4.78 is 4.78. The van der Waals surface area contributed by atoms with Crippen LogP contribution in [0, 0.1) is 0 Å². The monoisotopic (exact) mass is 423 g/mol. The van der Waals surface area contributed by atoms with E-state index in [0.717, 1.165) is 12.8 Å². The summed E-state index contributed by atoms with van der Waals surface area (Å²) in [5, 5.41) is 2.78. The second-order valence-corrected chi connectivity index (χ2v) is 8.44. The lowest BCUT2D eigenvalue weighted by molar-refractivity contribution is -0.141. The first-order valence-corrected chi connectivity index (χ1v) is 12.7. The Labute approximate surface area is 186 Å². The molecule has 4 heteroatoms. The van der Waals surface area contributed by atoms with Crippen LogP contribution in [0.5, 0.6) is 0 Å². The highest BCUT2D eigenvalue weighted by molar-refractivity contribution is 5.75. The Bertz CT molecular complexity index is 421. The fourth-order valence-electron chi connectivity index (χ4n) is 3.54. The Kier molecular flexibility index (Phi) is 22.9.